The maximum Gasteiger partial charge on any atom is 0.369 e. The molecule has 0 saturated carbocycles. The third-order valence-electron chi connectivity index (χ3n) is 10.6. The van der Waals surface area contributed by atoms with E-state index in [4.69, 9.17) is 13.9 Å². The number of carboxylic acids is 1. The zero-order valence-corrected chi connectivity index (χ0v) is 33.8. The lowest BCUT2D eigenvalue weighted by atomic mass is 9.85. The van der Waals surface area contributed by atoms with Crippen molar-refractivity contribution < 1.29 is 33.4 Å². The van der Waals surface area contributed by atoms with Crippen LogP contribution in [0.5, 0.6) is 0 Å². The molecule has 0 heterocycles. The number of methoxy groups -OCH3 is 1. The summed E-state index contributed by atoms with van der Waals surface area (Å²) >= 11 is 0. The van der Waals surface area contributed by atoms with Crippen molar-refractivity contribution in [2.24, 2.45) is 17.8 Å². The van der Waals surface area contributed by atoms with Gasteiger partial charge in [0, 0.05) is 37.2 Å². The number of carbonyl (C=O) groups excluding carboxylic acids is 2. The molecule has 7 nitrogen and oxygen atoms in total. The molecular weight excluding hydrogens is 681 g/mol. The van der Waals surface area contributed by atoms with Gasteiger partial charge in [-0.15, -0.1) is 0 Å². The van der Waals surface area contributed by atoms with Gasteiger partial charge < -0.3 is 19.0 Å². The molecule has 3 aromatic rings. The second-order valence-electron chi connectivity index (χ2n) is 15.7. The summed E-state index contributed by atoms with van der Waals surface area (Å²) in [6.45, 7) is 14.7. The van der Waals surface area contributed by atoms with Crippen LogP contribution in [0.3, 0.4) is 0 Å². The van der Waals surface area contributed by atoms with Crippen LogP contribution in [-0.4, -0.2) is 50.8 Å². The monoisotopic (exact) mass is 738 g/mol. The average molecular weight is 739 g/mol. The maximum absolute atomic E-state index is 14.5. The highest BCUT2D eigenvalue weighted by atomic mass is 28.4. The molecule has 53 heavy (non-hydrogen) atoms. The fraction of sp³-hybridized carbons (Fsp3) is 0.444. The standard InChI is InChI=1S/C45H58O7Si/c1-32(2)39-29-27-33(3)19-18-20-35(31-51-53(44(5,6)7,37-23-14-10-15-24-37)38-25-16-11-17-26-38)40(46)30-28-34(4)42(41(39)47)52-45(50-8,43(48)49)36-21-12-9-13-22-36/h9-17,21-27,29,32,34-35,42H,18-20,28,30-31H2,1-8H3,(H,48,49)/b33-27-,39-29+/t34-,35+,42+,45+/m1/s1. The van der Waals surface area contributed by atoms with Crippen LogP contribution < -0.4 is 10.4 Å². The number of hydrogen-bond acceptors (Lipinski definition) is 6. The number of carbonyl (C=O) groups is 3. The molecule has 3 aromatic carbocycles. The molecule has 0 spiro atoms. The van der Waals surface area contributed by atoms with Gasteiger partial charge in [0.05, 0.1) is 0 Å². The van der Waals surface area contributed by atoms with Crippen molar-refractivity contribution in [2.75, 3.05) is 13.7 Å². The van der Waals surface area contributed by atoms with E-state index in [1.54, 1.807) is 30.3 Å². The van der Waals surface area contributed by atoms with E-state index >= 15 is 0 Å². The van der Waals surface area contributed by atoms with Gasteiger partial charge in [0.15, 0.2) is 5.78 Å². The average Bonchev–Trinajstić information content (AvgIpc) is 3.14. The Bertz CT molecular complexity index is 1690. The first-order valence-corrected chi connectivity index (χ1v) is 20.8. The van der Waals surface area contributed by atoms with Gasteiger partial charge in [-0.1, -0.05) is 150 Å². The van der Waals surface area contributed by atoms with Gasteiger partial charge in [-0.05, 0) is 59.9 Å². The fourth-order valence-electron chi connectivity index (χ4n) is 7.48. The van der Waals surface area contributed by atoms with Crippen LogP contribution in [0.15, 0.2) is 114 Å². The molecule has 1 N–H and O–H groups in total. The van der Waals surface area contributed by atoms with Gasteiger partial charge in [0.25, 0.3) is 14.1 Å². The largest absolute Gasteiger partial charge is 0.477 e. The number of ether oxygens (including phenoxy) is 2. The first kappa shape index (κ1) is 41.8. The summed E-state index contributed by atoms with van der Waals surface area (Å²) < 4.78 is 19.3. The summed E-state index contributed by atoms with van der Waals surface area (Å²) in [5, 5.41) is 12.6. The number of aliphatic carboxylic acids is 1. The zero-order chi connectivity index (χ0) is 38.8. The quantitative estimate of drug-likeness (QED) is 0.156. The van der Waals surface area contributed by atoms with E-state index < -0.39 is 32.1 Å². The van der Waals surface area contributed by atoms with Crippen molar-refractivity contribution in [3.63, 3.8) is 0 Å². The summed E-state index contributed by atoms with van der Waals surface area (Å²) in [6.07, 6.45) is 5.35. The van der Waals surface area contributed by atoms with Crippen LogP contribution in [0.1, 0.15) is 86.1 Å². The lowest BCUT2D eigenvalue weighted by molar-refractivity contribution is -0.259. The van der Waals surface area contributed by atoms with Crippen molar-refractivity contribution in [1.29, 1.82) is 0 Å². The van der Waals surface area contributed by atoms with Crippen molar-refractivity contribution in [3.05, 3.63) is 120 Å². The number of Topliss-reactive ketones (excluding diaryl/α,β-unsaturated/α-hetero) is 2. The molecule has 0 saturated heterocycles. The Kier molecular flexibility index (Phi) is 14.5. The Morgan fingerprint density at radius 2 is 1.40 bits per heavy atom. The van der Waals surface area contributed by atoms with E-state index in [9.17, 15) is 19.5 Å². The minimum Gasteiger partial charge on any atom is -0.477 e. The molecule has 1 aliphatic rings. The lowest BCUT2D eigenvalue weighted by Crippen LogP contribution is -2.67. The molecule has 0 aliphatic heterocycles. The van der Waals surface area contributed by atoms with Crippen molar-refractivity contribution in [2.45, 2.75) is 97.5 Å². The first-order valence-electron chi connectivity index (χ1n) is 18.9. The number of benzene rings is 3. The summed E-state index contributed by atoms with van der Waals surface area (Å²) in [6, 6.07) is 29.3. The van der Waals surface area contributed by atoms with Gasteiger partial charge in [-0.25, -0.2) is 4.79 Å². The van der Waals surface area contributed by atoms with E-state index in [1.807, 2.05) is 52.0 Å². The number of ketones is 2. The number of allylic oxidation sites excluding steroid dienone is 3. The highest BCUT2D eigenvalue weighted by molar-refractivity contribution is 6.99. The molecular formula is C45H58O7Si. The molecule has 0 aromatic heterocycles. The second kappa shape index (κ2) is 18.4. The molecule has 0 fully saturated rings. The van der Waals surface area contributed by atoms with E-state index in [-0.39, 0.29) is 47.0 Å². The van der Waals surface area contributed by atoms with E-state index in [1.165, 1.54) is 7.11 Å². The third kappa shape index (κ3) is 9.59. The summed E-state index contributed by atoms with van der Waals surface area (Å²) in [5.41, 5.74) is 1.88. The van der Waals surface area contributed by atoms with Gasteiger partial charge in [-0.3, -0.25) is 9.59 Å². The minimum absolute atomic E-state index is 0.0681. The Morgan fingerprint density at radius 1 is 0.849 bits per heavy atom. The summed E-state index contributed by atoms with van der Waals surface area (Å²) in [4.78, 5) is 41.8. The predicted molar refractivity (Wildman–Crippen MR) is 214 cm³/mol. The summed E-state index contributed by atoms with van der Waals surface area (Å²) in [5.74, 6) is -4.88. The van der Waals surface area contributed by atoms with Crippen LogP contribution >= 0.6 is 0 Å². The highest BCUT2D eigenvalue weighted by Crippen LogP contribution is 2.38. The molecule has 0 bridgehead atoms. The molecule has 0 unspecified atom stereocenters. The SMILES string of the molecule is CO[C@@](O[C@@H]1C(=O)/C(C(C)C)=C/C=C(/C)CCC[C@@H](CO[Si](c2ccccc2)(c2ccccc2)C(C)(C)C)C(=O)CC[C@H]1C)(C(=O)O)c1ccccc1. The topological polar surface area (TPSA) is 99.1 Å². The Hall–Kier alpha value is -3.95. The normalized spacial score (nSPS) is 22.9. The van der Waals surface area contributed by atoms with Crippen LogP contribution in [-0.2, 0) is 34.1 Å². The van der Waals surface area contributed by atoms with Crippen molar-refractivity contribution in [3.8, 4) is 0 Å². The second-order valence-corrected chi connectivity index (χ2v) is 20.0. The number of carboxylic acid groups (broad SMARTS) is 1. The lowest BCUT2D eigenvalue weighted by Gasteiger charge is -2.43. The molecule has 4 atom stereocenters. The van der Waals surface area contributed by atoms with Crippen LogP contribution in [0.2, 0.25) is 5.04 Å². The van der Waals surface area contributed by atoms with E-state index in [0.717, 1.165) is 28.8 Å². The van der Waals surface area contributed by atoms with Crippen molar-refractivity contribution in [1.82, 2.24) is 0 Å². The molecule has 8 heteroatoms. The number of rotatable bonds is 11. The fourth-order valence-corrected chi connectivity index (χ4v) is 12.1. The molecule has 4 rings (SSSR count). The van der Waals surface area contributed by atoms with Crippen LogP contribution in [0.25, 0.3) is 0 Å². The van der Waals surface area contributed by atoms with Crippen molar-refractivity contribution >= 4 is 36.2 Å². The molecule has 0 radical (unpaired) electrons. The van der Waals surface area contributed by atoms with E-state index in [2.05, 4.69) is 69.3 Å². The summed E-state index contributed by atoms with van der Waals surface area (Å²) in [7, 11) is -1.62. The first-order chi connectivity index (χ1) is 25.2. The van der Waals surface area contributed by atoms with Gasteiger partial charge in [-0.2, -0.15) is 0 Å². The molecule has 0 amide bonds. The van der Waals surface area contributed by atoms with Gasteiger partial charge in [0.1, 0.15) is 11.9 Å². The predicted octanol–water partition coefficient (Wildman–Crippen LogP) is 8.42. The molecule has 1 aliphatic carbocycles. The Labute approximate surface area is 317 Å². The smallest absolute Gasteiger partial charge is 0.369 e. The van der Waals surface area contributed by atoms with Crippen LogP contribution in [0, 0.1) is 17.8 Å². The maximum atomic E-state index is 14.5. The minimum atomic E-state index is -2.89. The van der Waals surface area contributed by atoms with E-state index in [0.29, 0.717) is 18.4 Å². The Balaban J connectivity index is 1.74. The third-order valence-corrected chi connectivity index (χ3v) is 15.6. The van der Waals surface area contributed by atoms with Crippen LogP contribution in [0.4, 0.5) is 0 Å². The molecule has 284 valence electrons. The Morgan fingerprint density at radius 3 is 1.89 bits per heavy atom. The number of hydrogen-bond donors (Lipinski definition) is 1. The van der Waals surface area contributed by atoms with Gasteiger partial charge >= 0.3 is 5.97 Å². The highest BCUT2D eigenvalue weighted by Gasteiger charge is 2.51. The zero-order valence-electron chi connectivity index (χ0n) is 32.8. The van der Waals surface area contributed by atoms with Gasteiger partial charge in [0.2, 0.25) is 0 Å².